The average Bonchev–Trinajstić information content (AvgIpc) is 3.43. The van der Waals surface area contributed by atoms with Crippen molar-refractivity contribution < 1.29 is 33.4 Å². The van der Waals surface area contributed by atoms with Crippen LogP contribution in [0.2, 0.25) is 5.02 Å². The molecule has 2 heterocycles. The standard InChI is InChI=1S/C29H26ClN3O7/c1-32(27(35)17-6-4-3-5-7-17)13-12-18-14-23-25(40-16-39-23)24(38-2)21(18)15-22-26(34)31-29(37)33(28(22)36)20-10-8-19(30)9-11-20/h3-11,14,22H,12-13,15-16H2,1-2H3,(H,31,34,37). The lowest BCUT2D eigenvalue weighted by atomic mass is 9.90. The third-order valence-electron chi connectivity index (χ3n) is 6.86. The summed E-state index contributed by atoms with van der Waals surface area (Å²) in [4.78, 5) is 54.6. The summed E-state index contributed by atoms with van der Waals surface area (Å²) in [6, 6.07) is 16.0. The number of imide groups is 2. The number of benzene rings is 3. The molecule has 5 amide bonds. The first-order valence-corrected chi connectivity index (χ1v) is 12.9. The van der Waals surface area contributed by atoms with Gasteiger partial charge in [0.1, 0.15) is 5.92 Å². The molecule has 1 saturated heterocycles. The minimum atomic E-state index is -1.23. The van der Waals surface area contributed by atoms with Crippen LogP contribution in [0.15, 0.2) is 60.7 Å². The molecule has 5 rings (SSSR count). The van der Waals surface area contributed by atoms with Crippen LogP contribution in [0.3, 0.4) is 0 Å². The monoisotopic (exact) mass is 563 g/mol. The second-order valence-electron chi connectivity index (χ2n) is 9.33. The first-order chi connectivity index (χ1) is 19.3. The van der Waals surface area contributed by atoms with Crippen LogP contribution in [0, 0.1) is 5.92 Å². The molecule has 1 atom stereocenters. The van der Waals surface area contributed by atoms with Gasteiger partial charge < -0.3 is 19.1 Å². The van der Waals surface area contributed by atoms with Crippen molar-refractivity contribution in [3.05, 3.63) is 82.4 Å². The molecule has 1 fully saturated rings. The Morgan fingerprint density at radius 2 is 1.82 bits per heavy atom. The number of carbonyl (C=O) groups excluding carboxylic acids is 4. The summed E-state index contributed by atoms with van der Waals surface area (Å²) in [5, 5.41) is 2.72. The van der Waals surface area contributed by atoms with Gasteiger partial charge in [0.05, 0.1) is 12.8 Å². The molecule has 206 valence electrons. The van der Waals surface area contributed by atoms with Crippen molar-refractivity contribution in [1.82, 2.24) is 10.2 Å². The molecule has 3 aromatic rings. The highest BCUT2D eigenvalue weighted by molar-refractivity contribution is 6.31. The number of halogens is 1. The molecule has 0 aliphatic carbocycles. The molecule has 40 heavy (non-hydrogen) atoms. The van der Waals surface area contributed by atoms with Gasteiger partial charge in [-0.15, -0.1) is 0 Å². The van der Waals surface area contributed by atoms with E-state index in [1.165, 1.54) is 19.2 Å². The molecule has 1 unspecified atom stereocenters. The largest absolute Gasteiger partial charge is 0.492 e. The van der Waals surface area contributed by atoms with E-state index in [-0.39, 0.29) is 24.8 Å². The van der Waals surface area contributed by atoms with Crippen LogP contribution in [0.25, 0.3) is 0 Å². The van der Waals surface area contributed by atoms with E-state index in [1.54, 1.807) is 54.4 Å². The molecule has 0 saturated carbocycles. The number of fused-ring (bicyclic) bond motifs is 1. The summed E-state index contributed by atoms with van der Waals surface area (Å²) in [6.07, 6.45) is 0.299. The third-order valence-corrected chi connectivity index (χ3v) is 7.12. The van der Waals surface area contributed by atoms with Crippen molar-refractivity contribution >= 4 is 41.0 Å². The Labute approximate surface area is 235 Å². The van der Waals surface area contributed by atoms with E-state index < -0.39 is 23.8 Å². The molecule has 0 bridgehead atoms. The molecule has 2 aliphatic rings. The molecule has 2 aliphatic heterocycles. The maximum absolute atomic E-state index is 13.6. The number of carbonyl (C=O) groups is 4. The Kier molecular flexibility index (Phi) is 7.61. The zero-order chi connectivity index (χ0) is 28.4. The topological polar surface area (TPSA) is 114 Å². The van der Waals surface area contributed by atoms with Crippen LogP contribution >= 0.6 is 11.6 Å². The highest BCUT2D eigenvalue weighted by Crippen LogP contribution is 2.46. The number of anilines is 1. The third kappa shape index (κ3) is 5.17. The maximum atomic E-state index is 13.6. The fourth-order valence-electron chi connectivity index (χ4n) is 4.79. The minimum absolute atomic E-state index is 0.0112. The van der Waals surface area contributed by atoms with Crippen LogP contribution in [-0.4, -0.2) is 56.1 Å². The number of hydrogen-bond acceptors (Lipinski definition) is 7. The van der Waals surface area contributed by atoms with Crippen molar-refractivity contribution in [2.75, 3.05) is 32.4 Å². The Morgan fingerprint density at radius 3 is 2.52 bits per heavy atom. The fraction of sp³-hybridized carbons (Fsp3) is 0.241. The van der Waals surface area contributed by atoms with Crippen LogP contribution < -0.4 is 24.4 Å². The molecular formula is C29H26ClN3O7. The molecule has 1 N–H and O–H groups in total. The highest BCUT2D eigenvalue weighted by atomic mass is 35.5. The van der Waals surface area contributed by atoms with Crippen LogP contribution in [0.1, 0.15) is 21.5 Å². The predicted octanol–water partition coefficient (Wildman–Crippen LogP) is 3.83. The van der Waals surface area contributed by atoms with Gasteiger partial charge in [0.25, 0.3) is 5.91 Å². The second-order valence-corrected chi connectivity index (χ2v) is 9.76. The van der Waals surface area contributed by atoms with Gasteiger partial charge in [-0.2, -0.15) is 0 Å². The van der Waals surface area contributed by atoms with Gasteiger partial charge in [-0.25, -0.2) is 9.69 Å². The van der Waals surface area contributed by atoms with Crippen LogP contribution in [0.5, 0.6) is 17.2 Å². The molecule has 11 heteroatoms. The summed E-state index contributed by atoms with van der Waals surface area (Å²) in [5.41, 5.74) is 2.10. The maximum Gasteiger partial charge on any atom is 0.335 e. The molecule has 0 radical (unpaired) electrons. The number of urea groups is 1. The predicted molar refractivity (Wildman–Crippen MR) is 146 cm³/mol. The number of hydrogen-bond donors (Lipinski definition) is 1. The Morgan fingerprint density at radius 1 is 1.10 bits per heavy atom. The van der Waals surface area contributed by atoms with E-state index in [4.69, 9.17) is 25.8 Å². The SMILES string of the molecule is COc1c(CC2C(=O)NC(=O)N(c3ccc(Cl)cc3)C2=O)c(CCN(C)C(=O)c2ccccc2)cc2c1OCO2. The van der Waals surface area contributed by atoms with Crippen molar-refractivity contribution in [2.45, 2.75) is 12.8 Å². The molecule has 0 aromatic heterocycles. The lowest BCUT2D eigenvalue weighted by Crippen LogP contribution is -2.58. The van der Waals surface area contributed by atoms with Crippen molar-refractivity contribution in [3.63, 3.8) is 0 Å². The van der Waals surface area contributed by atoms with Gasteiger partial charge in [0, 0.05) is 29.7 Å². The summed E-state index contributed by atoms with van der Waals surface area (Å²) >= 11 is 5.97. The highest BCUT2D eigenvalue weighted by Gasteiger charge is 2.42. The van der Waals surface area contributed by atoms with E-state index in [0.29, 0.717) is 51.9 Å². The molecular weight excluding hydrogens is 538 g/mol. The van der Waals surface area contributed by atoms with Gasteiger partial charge in [-0.3, -0.25) is 19.7 Å². The van der Waals surface area contributed by atoms with Crippen molar-refractivity contribution in [1.29, 1.82) is 0 Å². The van der Waals surface area contributed by atoms with E-state index in [2.05, 4.69) is 5.32 Å². The number of nitrogens with one attached hydrogen (secondary N) is 1. The number of methoxy groups -OCH3 is 1. The number of likely N-dealkylation sites (N-methyl/N-ethyl adjacent to an activating group) is 1. The normalized spacial score (nSPS) is 16.1. The first kappa shape index (κ1) is 27.0. The average molecular weight is 564 g/mol. The van der Waals surface area contributed by atoms with Crippen LogP contribution in [-0.2, 0) is 22.4 Å². The van der Waals surface area contributed by atoms with E-state index in [9.17, 15) is 19.2 Å². The van der Waals surface area contributed by atoms with Gasteiger partial charge in [-0.05, 0) is 60.9 Å². The Balaban J connectivity index is 1.45. The van der Waals surface area contributed by atoms with Gasteiger partial charge in [0.15, 0.2) is 11.5 Å². The van der Waals surface area contributed by atoms with Gasteiger partial charge >= 0.3 is 6.03 Å². The van der Waals surface area contributed by atoms with E-state index in [0.717, 1.165) is 4.90 Å². The first-order valence-electron chi connectivity index (χ1n) is 12.5. The Hall–Kier alpha value is -4.57. The molecule has 10 nitrogen and oxygen atoms in total. The smallest absolute Gasteiger partial charge is 0.335 e. The zero-order valence-electron chi connectivity index (χ0n) is 21.8. The summed E-state index contributed by atoms with van der Waals surface area (Å²) < 4.78 is 16.9. The summed E-state index contributed by atoms with van der Waals surface area (Å²) in [5.74, 6) is -1.62. The minimum Gasteiger partial charge on any atom is -0.492 e. The summed E-state index contributed by atoms with van der Waals surface area (Å²) in [7, 11) is 3.16. The summed E-state index contributed by atoms with van der Waals surface area (Å²) in [6.45, 7) is 0.326. The van der Waals surface area contributed by atoms with Crippen molar-refractivity contribution in [3.8, 4) is 17.2 Å². The van der Waals surface area contributed by atoms with E-state index >= 15 is 0 Å². The number of ether oxygens (including phenoxy) is 3. The second kappa shape index (κ2) is 11.3. The zero-order valence-corrected chi connectivity index (χ0v) is 22.6. The number of barbiturate groups is 1. The molecule has 3 aromatic carbocycles. The quantitative estimate of drug-likeness (QED) is 0.414. The van der Waals surface area contributed by atoms with Crippen molar-refractivity contribution in [2.24, 2.45) is 5.92 Å². The number of nitrogens with zero attached hydrogens (tertiary/aromatic N) is 2. The van der Waals surface area contributed by atoms with Gasteiger partial charge in [-0.1, -0.05) is 29.8 Å². The van der Waals surface area contributed by atoms with E-state index in [1.807, 2.05) is 6.07 Å². The van der Waals surface area contributed by atoms with Gasteiger partial charge in [0.2, 0.25) is 24.4 Å². The number of amides is 5. The fourth-order valence-corrected chi connectivity index (χ4v) is 4.92. The lowest BCUT2D eigenvalue weighted by molar-refractivity contribution is -0.134. The van der Waals surface area contributed by atoms with Crippen LogP contribution in [0.4, 0.5) is 10.5 Å². The molecule has 0 spiro atoms. The number of rotatable bonds is 8. The lowest BCUT2D eigenvalue weighted by Gasteiger charge is -2.31. The Bertz CT molecular complexity index is 1480.